The van der Waals surface area contributed by atoms with Crippen molar-refractivity contribution in [2.75, 3.05) is 18.5 Å². The van der Waals surface area contributed by atoms with Gasteiger partial charge in [-0.25, -0.2) is 9.97 Å². The first-order valence-corrected chi connectivity index (χ1v) is 12.9. The molecule has 1 aliphatic carbocycles. The quantitative estimate of drug-likeness (QED) is 0.227. The van der Waals surface area contributed by atoms with E-state index < -0.39 is 0 Å². The number of ether oxygens (including phenoxy) is 2. The SMILES string of the molecule is CCCOc1nn(C2CCCCC2)cc1Nc1ncc(-c2ccc(C#N)c(O[C@@H](C)CNC=N)c2)cn1. The minimum Gasteiger partial charge on any atom is -0.487 e. The average Bonchev–Trinajstić information content (AvgIpc) is 3.34. The van der Waals surface area contributed by atoms with Crippen LogP contribution in [0.5, 0.6) is 11.6 Å². The molecule has 10 nitrogen and oxygen atoms in total. The minimum atomic E-state index is -0.217. The number of nitrogens with zero attached hydrogens (tertiary/aromatic N) is 5. The van der Waals surface area contributed by atoms with Gasteiger partial charge in [-0.2, -0.15) is 5.26 Å². The number of anilines is 2. The van der Waals surface area contributed by atoms with Gasteiger partial charge < -0.3 is 20.1 Å². The van der Waals surface area contributed by atoms with Crippen molar-refractivity contribution in [3.63, 3.8) is 0 Å². The summed E-state index contributed by atoms with van der Waals surface area (Å²) in [6.07, 6.45) is 13.3. The van der Waals surface area contributed by atoms with Gasteiger partial charge in [-0.15, -0.1) is 5.10 Å². The van der Waals surface area contributed by atoms with E-state index in [-0.39, 0.29) is 6.10 Å². The molecule has 0 bridgehead atoms. The molecule has 37 heavy (non-hydrogen) atoms. The minimum absolute atomic E-state index is 0.217. The van der Waals surface area contributed by atoms with Gasteiger partial charge in [0.1, 0.15) is 23.6 Å². The molecule has 0 amide bonds. The van der Waals surface area contributed by atoms with Crippen molar-refractivity contribution in [3.05, 3.63) is 42.4 Å². The van der Waals surface area contributed by atoms with Crippen LogP contribution in [0.3, 0.4) is 0 Å². The highest BCUT2D eigenvalue weighted by Crippen LogP contribution is 2.33. The highest BCUT2D eigenvalue weighted by atomic mass is 16.5. The van der Waals surface area contributed by atoms with Crippen LogP contribution in [0.4, 0.5) is 11.6 Å². The summed E-state index contributed by atoms with van der Waals surface area (Å²) < 4.78 is 13.9. The second-order valence-corrected chi connectivity index (χ2v) is 9.19. The lowest BCUT2D eigenvalue weighted by Crippen LogP contribution is -2.27. The van der Waals surface area contributed by atoms with Crippen molar-refractivity contribution in [3.8, 4) is 28.8 Å². The molecule has 1 fully saturated rings. The first kappa shape index (κ1) is 25.9. The fourth-order valence-corrected chi connectivity index (χ4v) is 4.34. The number of aromatic nitrogens is 4. The third kappa shape index (κ3) is 6.76. The monoisotopic (exact) mass is 502 g/mol. The highest BCUT2D eigenvalue weighted by molar-refractivity contribution is 5.67. The van der Waals surface area contributed by atoms with E-state index in [1.54, 1.807) is 18.5 Å². The number of hydrogen-bond donors (Lipinski definition) is 3. The standard InChI is InChI=1S/C27H34N8O2/c1-3-11-36-26-24(17-35(34-26)23-7-5-4-6-8-23)33-27-31-15-22(16-32-27)20-9-10-21(13-28)25(12-20)37-19(2)14-30-18-29/h9-10,12,15-19,23H,3-8,11,14H2,1-2H3,(H2,29,30)(H,31,32,33)/t19-/m0/s1. The van der Waals surface area contributed by atoms with Gasteiger partial charge in [0.2, 0.25) is 5.95 Å². The van der Waals surface area contributed by atoms with Crippen molar-refractivity contribution in [2.24, 2.45) is 0 Å². The Labute approximate surface area is 217 Å². The Bertz CT molecular complexity index is 1210. The third-order valence-corrected chi connectivity index (χ3v) is 6.26. The Morgan fingerprint density at radius 1 is 1.22 bits per heavy atom. The number of hydrogen-bond acceptors (Lipinski definition) is 8. The number of rotatable bonds is 12. The average molecular weight is 503 g/mol. The lowest BCUT2D eigenvalue weighted by Gasteiger charge is -2.21. The first-order valence-electron chi connectivity index (χ1n) is 12.9. The van der Waals surface area contributed by atoms with Crippen LogP contribution in [0.1, 0.15) is 64.0 Å². The van der Waals surface area contributed by atoms with E-state index >= 15 is 0 Å². The normalized spacial score (nSPS) is 14.4. The van der Waals surface area contributed by atoms with E-state index in [1.807, 2.05) is 29.9 Å². The Balaban J connectivity index is 1.51. The molecule has 1 atom stereocenters. The maximum atomic E-state index is 9.47. The van der Waals surface area contributed by atoms with E-state index in [9.17, 15) is 5.26 Å². The van der Waals surface area contributed by atoms with E-state index in [4.69, 9.17) is 20.0 Å². The zero-order valence-electron chi connectivity index (χ0n) is 21.4. The summed E-state index contributed by atoms with van der Waals surface area (Å²) in [5.41, 5.74) is 2.84. The van der Waals surface area contributed by atoms with Crippen LogP contribution in [0.25, 0.3) is 11.1 Å². The molecule has 2 aromatic heterocycles. The molecule has 0 unspecified atom stereocenters. The van der Waals surface area contributed by atoms with Gasteiger partial charge in [0.05, 0.1) is 37.3 Å². The third-order valence-electron chi connectivity index (χ3n) is 6.26. The largest absolute Gasteiger partial charge is 0.487 e. The second kappa shape index (κ2) is 12.7. The number of nitriles is 1. The molecule has 0 spiro atoms. The van der Waals surface area contributed by atoms with Crippen LogP contribution < -0.4 is 20.1 Å². The van der Waals surface area contributed by atoms with Gasteiger partial charge >= 0.3 is 0 Å². The number of benzene rings is 1. The van der Waals surface area contributed by atoms with Gasteiger partial charge in [-0.05, 0) is 43.9 Å². The fraction of sp³-hybridized carbons (Fsp3) is 0.444. The molecule has 1 aromatic carbocycles. The Morgan fingerprint density at radius 2 is 2.00 bits per heavy atom. The molecule has 3 aromatic rings. The van der Waals surface area contributed by atoms with Crippen LogP contribution >= 0.6 is 0 Å². The van der Waals surface area contributed by atoms with E-state index in [1.165, 1.54) is 19.3 Å². The summed E-state index contributed by atoms with van der Waals surface area (Å²) in [5, 5.41) is 27.4. The van der Waals surface area contributed by atoms with E-state index in [0.29, 0.717) is 42.3 Å². The number of nitrogens with one attached hydrogen (secondary N) is 3. The molecule has 10 heteroatoms. The molecule has 0 radical (unpaired) electrons. The summed E-state index contributed by atoms with van der Waals surface area (Å²) in [4.78, 5) is 9.02. The fourth-order valence-electron chi connectivity index (χ4n) is 4.34. The summed E-state index contributed by atoms with van der Waals surface area (Å²) in [7, 11) is 0. The molecule has 2 heterocycles. The van der Waals surface area contributed by atoms with Gasteiger partial charge in [0.15, 0.2) is 0 Å². The Morgan fingerprint density at radius 3 is 2.70 bits per heavy atom. The second-order valence-electron chi connectivity index (χ2n) is 9.19. The first-order chi connectivity index (χ1) is 18.1. The smallest absolute Gasteiger partial charge is 0.256 e. The summed E-state index contributed by atoms with van der Waals surface area (Å²) in [6, 6.07) is 7.95. The molecule has 4 rings (SSSR count). The van der Waals surface area contributed by atoms with E-state index in [2.05, 4.69) is 33.6 Å². The maximum Gasteiger partial charge on any atom is 0.256 e. The van der Waals surface area contributed by atoms with Crippen molar-refractivity contribution < 1.29 is 9.47 Å². The van der Waals surface area contributed by atoms with Crippen molar-refractivity contribution in [1.82, 2.24) is 25.1 Å². The van der Waals surface area contributed by atoms with Crippen LogP contribution in [0.15, 0.2) is 36.8 Å². The van der Waals surface area contributed by atoms with E-state index in [0.717, 1.165) is 42.4 Å². The lowest BCUT2D eigenvalue weighted by atomic mass is 9.96. The van der Waals surface area contributed by atoms with Gasteiger partial charge in [0, 0.05) is 18.0 Å². The molecule has 0 aliphatic heterocycles. The molecule has 1 saturated carbocycles. The molecular weight excluding hydrogens is 468 g/mol. The molecule has 0 saturated heterocycles. The predicted molar refractivity (Wildman–Crippen MR) is 142 cm³/mol. The van der Waals surface area contributed by atoms with Crippen molar-refractivity contribution in [1.29, 1.82) is 10.7 Å². The van der Waals surface area contributed by atoms with Gasteiger partial charge in [-0.1, -0.05) is 32.3 Å². The van der Waals surface area contributed by atoms with Crippen molar-refractivity contribution >= 4 is 18.0 Å². The summed E-state index contributed by atoms with van der Waals surface area (Å²) in [6.45, 7) is 5.00. The molecular formula is C27H34N8O2. The molecule has 1 aliphatic rings. The Kier molecular flexibility index (Phi) is 8.92. The summed E-state index contributed by atoms with van der Waals surface area (Å²) >= 11 is 0. The topological polar surface area (TPSA) is 134 Å². The molecule has 3 N–H and O–H groups in total. The zero-order valence-corrected chi connectivity index (χ0v) is 21.4. The van der Waals surface area contributed by atoms with Crippen LogP contribution in [-0.4, -0.2) is 45.3 Å². The van der Waals surface area contributed by atoms with Gasteiger partial charge in [-0.3, -0.25) is 10.1 Å². The van der Waals surface area contributed by atoms with Crippen molar-refractivity contribution in [2.45, 2.75) is 64.5 Å². The van der Waals surface area contributed by atoms with Crippen LogP contribution in [-0.2, 0) is 0 Å². The highest BCUT2D eigenvalue weighted by Gasteiger charge is 2.20. The molecule has 194 valence electrons. The van der Waals surface area contributed by atoms with Crippen LogP contribution in [0.2, 0.25) is 0 Å². The predicted octanol–water partition coefficient (Wildman–Crippen LogP) is 5.21. The maximum absolute atomic E-state index is 9.47. The summed E-state index contributed by atoms with van der Waals surface area (Å²) in [5.74, 6) is 1.50. The van der Waals surface area contributed by atoms with Gasteiger partial charge in [0.25, 0.3) is 5.88 Å². The Hall–Kier alpha value is -4.13. The van der Waals surface area contributed by atoms with Crippen LogP contribution in [0, 0.1) is 16.7 Å². The lowest BCUT2D eigenvalue weighted by molar-refractivity contribution is 0.224. The zero-order chi connectivity index (χ0) is 26.0.